The molecule has 0 saturated carbocycles. The second-order valence-electron chi connectivity index (χ2n) is 27.1. The first kappa shape index (κ1) is 73.9. The predicted molar refractivity (Wildman–Crippen MR) is 385 cm³/mol. The highest BCUT2D eigenvalue weighted by atomic mass is 16.2. The number of hydrogen-bond donors (Lipinski definition) is 18. The van der Waals surface area contributed by atoms with Crippen molar-refractivity contribution >= 4 is 34.7 Å². The molecule has 2 unspecified atom stereocenters. The van der Waals surface area contributed by atoms with E-state index in [1.807, 2.05) is 0 Å². The van der Waals surface area contributed by atoms with E-state index in [2.05, 4.69) is 71.4 Å². The van der Waals surface area contributed by atoms with Gasteiger partial charge in [0.25, 0.3) is 0 Å². The van der Waals surface area contributed by atoms with Crippen LogP contribution in [0.3, 0.4) is 0 Å². The number of nitrogens with two attached hydrogens (primary N) is 12. The molecule has 0 aromatic carbocycles. The Morgan fingerprint density at radius 3 is 0.879 bits per heavy atom. The van der Waals surface area contributed by atoms with Gasteiger partial charge in [-0.05, 0) is 76.9 Å². The van der Waals surface area contributed by atoms with Crippen molar-refractivity contribution in [2.24, 2.45) is 101 Å². The maximum atomic E-state index is 12.0. The monoisotopic (exact) mass is 1310 g/mol. The SMILES string of the molecule is C.[2H]C(CC([2H])[C@@]([2H])(N)C(=O)C(C)(C)C)NC(=C)N.[2H]C([2H])(CC[C@@H](N)C(=O)C(C)(C)C)NC(=C)N.[2H]C([2H])(CNC(=C)N)C[C@@H](N)C(=O)C(C)(C)C.[2H][C@@H](CCNC(=C)N)[C@@]([2H])(N)C(=O)C(C)(C)C.[2H][C@@](N)(CCCNC(=C)N)C(=O)C(C)(C)C.[2H][C@H](CCNC(=C)N)[C@@]([2H])(N)C(=O)C(C)(C)C. The van der Waals surface area contributed by atoms with Gasteiger partial charge in [0.05, 0.1) is 76.6 Å². The molecule has 536 valence electrons. The summed E-state index contributed by atoms with van der Waals surface area (Å²) in [7, 11) is 0. The van der Waals surface area contributed by atoms with Crippen molar-refractivity contribution in [1.29, 1.82) is 0 Å². The van der Waals surface area contributed by atoms with Gasteiger partial charge >= 0.3 is 0 Å². The van der Waals surface area contributed by atoms with Crippen LogP contribution in [0.15, 0.2) is 74.4 Å². The maximum absolute atomic E-state index is 12.0. The molecule has 0 spiro atoms. The minimum Gasteiger partial charge on any atom is -0.386 e. The fourth-order valence-corrected chi connectivity index (χ4v) is 6.14. The van der Waals surface area contributed by atoms with Gasteiger partial charge in [-0.2, -0.15) is 0 Å². The predicted octanol–water partition coefficient (Wildman–Crippen LogP) is 5.01. The summed E-state index contributed by atoms with van der Waals surface area (Å²) in [5.41, 5.74) is 62.0. The van der Waals surface area contributed by atoms with Crippen LogP contribution in [0.5, 0.6) is 0 Å². The van der Waals surface area contributed by atoms with Gasteiger partial charge in [-0.3, -0.25) is 28.8 Å². The minimum absolute atomic E-state index is 0. The van der Waals surface area contributed by atoms with E-state index in [9.17, 15) is 28.8 Å². The molecule has 0 aliphatic carbocycles. The molecule has 0 aromatic rings. The zero-order chi connectivity index (χ0) is 83.1. The Balaban J connectivity index is -0.000000214. The molecule has 0 fully saturated rings. The van der Waals surface area contributed by atoms with Crippen molar-refractivity contribution in [1.82, 2.24) is 31.9 Å². The van der Waals surface area contributed by atoms with Gasteiger partial charge in [0, 0.05) is 82.7 Å². The van der Waals surface area contributed by atoms with E-state index < -0.39 is 125 Å². The normalized spacial score (nSPS) is 18.2. The highest BCUT2D eigenvalue weighted by molar-refractivity contribution is 5.90. The highest BCUT2D eigenvalue weighted by Crippen LogP contribution is 2.22. The summed E-state index contributed by atoms with van der Waals surface area (Å²) in [6.07, 6.45) is -3.11. The van der Waals surface area contributed by atoms with Crippen LogP contribution in [0.4, 0.5) is 0 Å². The average molecular weight is 1310 g/mol. The standard InChI is InChI=1S/6C11H23N3O.CH4/c6*1-8(12)14-7-5-6-9(13)10(15)11(2,3)4;/h6*9,14H,1,5-7,12-13H2,2-4H3;1H4/t6*9-;/m111111./s1/i6D,7D,9D;2*6D,9D;9D;7D2;5D2;/t6?,7?,9-;6-,9+;6-,9-;3m;/m101111.. The van der Waals surface area contributed by atoms with Gasteiger partial charge in [-0.25, -0.2) is 0 Å². The maximum Gasteiger partial charge on any atom is 0.154 e. The van der Waals surface area contributed by atoms with Crippen LogP contribution in [-0.4, -0.2) is 110 Å². The van der Waals surface area contributed by atoms with Crippen molar-refractivity contribution in [2.45, 2.75) is 245 Å². The molecule has 0 aromatic heterocycles. The first-order valence-corrected chi connectivity index (χ1v) is 29.7. The summed E-state index contributed by atoms with van der Waals surface area (Å²) in [6.45, 7) is 50.4. The van der Waals surface area contributed by atoms with Gasteiger partial charge in [0.1, 0.15) is 0 Å². The molecular formula is C67H142N18O6. The molecule has 0 heterocycles. The van der Waals surface area contributed by atoms with Crippen LogP contribution < -0.4 is 101 Å². The van der Waals surface area contributed by atoms with Crippen molar-refractivity contribution < 1.29 is 45.2 Å². The zero-order valence-corrected chi connectivity index (χ0v) is 58.6. The Kier molecular flexibility index (Phi) is 40.1. The quantitative estimate of drug-likeness (QED) is 0.0367. The van der Waals surface area contributed by atoms with Crippen molar-refractivity contribution in [3.8, 4) is 0 Å². The van der Waals surface area contributed by atoms with Crippen LogP contribution >= 0.6 is 0 Å². The van der Waals surface area contributed by atoms with Crippen molar-refractivity contribution in [2.75, 3.05) is 39.2 Å². The molecule has 0 amide bonds. The Morgan fingerprint density at radius 2 is 0.593 bits per heavy atom. The minimum atomic E-state index is -2.03. The lowest BCUT2D eigenvalue weighted by atomic mass is 9.85. The Labute approximate surface area is 570 Å². The molecule has 0 aliphatic heterocycles. The summed E-state index contributed by atoms with van der Waals surface area (Å²) < 4.78 is 92.9. The first-order chi connectivity index (χ1) is 44.9. The summed E-state index contributed by atoms with van der Waals surface area (Å²) >= 11 is 0. The third-order valence-electron chi connectivity index (χ3n) is 11.0. The number of nitrogens with one attached hydrogen (secondary N) is 6. The molecule has 0 aliphatic rings. The average Bonchev–Trinajstić information content (AvgIpc) is 0.829. The van der Waals surface area contributed by atoms with Gasteiger partial charge in [0.15, 0.2) is 34.7 Å². The number of hydrogen-bond acceptors (Lipinski definition) is 24. The highest BCUT2D eigenvalue weighted by Gasteiger charge is 2.31. The van der Waals surface area contributed by atoms with E-state index in [1.165, 1.54) is 0 Å². The van der Waals surface area contributed by atoms with Gasteiger partial charge in [0.2, 0.25) is 0 Å². The Morgan fingerprint density at radius 1 is 0.341 bits per heavy atom. The number of carbonyl (C=O) groups excluding carboxylic acids is 6. The summed E-state index contributed by atoms with van der Waals surface area (Å²) in [6, 6.07) is -8.80. The summed E-state index contributed by atoms with van der Waals surface area (Å²) in [5, 5.41) is 15.8. The number of rotatable bonds is 36. The second kappa shape index (κ2) is 49.5. The van der Waals surface area contributed by atoms with E-state index in [1.54, 1.807) is 125 Å². The summed E-state index contributed by atoms with van der Waals surface area (Å²) in [4.78, 5) is 71.3. The molecule has 0 bridgehead atoms. The van der Waals surface area contributed by atoms with Crippen molar-refractivity contribution in [3.63, 3.8) is 0 Å². The lowest BCUT2D eigenvalue weighted by Gasteiger charge is -2.21. The fourth-order valence-electron chi connectivity index (χ4n) is 6.14. The fraction of sp³-hybridized carbons (Fsp3) is 0.731. The third kappa shape index (κ3) is 61.1. The van der Waals surface area contributed by atoms with E-state index in [4.69, 9.17) is 85.3 Å². The first-order valence-electron chi connectivity index (χ1n) is 36.0. The molecule has 24 nitrogen and oxygen atoms in total. The van der Waals surface area contributed by atoms with Gasteiger partial charge < -0.3 is 101 Å². The smallest absolute Gasteiger partial charge is 0.154 e. The van der Waals surface area contributed by atoms with E-state index in [0.29, 0.717) is 49.9 Å². The summed E-state index contributed by atoms with van der Waals surface area (Å²) in [5.74, 6) is -0.498. The lowest BCUT2D eigenvalue weighted by molar-refractivity contribution is -0.128. The van der Waals surface area contributed by atoms with E-state index in [-0.39, 0.29) is 87.3 Å². The molecule has 0 radical (unpaired) electrons. The van der Waals surface area contributed by atoms with E-state index >= 15 is 0 Å². The van der Waals surface area contributed by atoms with Crippen LogP contribution in [0.2, 0.25) is 0 Å². The number of Topliss-reactive ketones (excluding diaryl/α,β-unsaturated/α-hetero) is 6. The lowest BCUT2D eigenvalue weighted by Crippen LogP contribution is -2.39. The van der Waals surface area contributed by atoms with E-state index in [0.717, 1.165) is 0 Å². The zero-order valence-electron chi connectivity index (χ0n) is 70.6. The van der Waals surface area contributed by atoms with Gasteiger partial charge in [-0.15, -0.1) is 0 Å². The number of ketones is 6. The molecule has 0 saturated heterocycles. The van der Waals surface area contributed by atoms with Crippen LogP contribution in [0.1, 0.15) is 225 Å². The topological polar surface area (TPSA) is 487 Å². The van der Waals surface area contributed by atoms with Crippen molar-refractivity contribution in [3.05, 3.63) is 74.4 Å². The van der Waals surface area contributed by atoms with Gasteiger partial charge in [-0.1, -0.05) is 172 Å². The third-order valence-corrected chi connectivity index (χ3v) is 11.0. The Bertz CT molecular complexity index is 2660. The second-order valence-corrected chi connectivity index (χ2v) is 27.1. The molecule has 0 rings (SSSR count). The van der Waals surface area contributed by atoms with Crippen LogP contribution in [-0.2, 0) is 28.8 Å². The van der Waals surface area contributed by atoms with Crippen LogP contribution in [0, 0.1) is 32.5 Å². The molecule has 30 N–H and O–H groups in total. The Hall–Kier alpha value is -6.18. The largest absolute Gasteiger partial charge is 0.386 e. The molecule has 24 heteroatoms. The number of carbonyl (C=O) groups is 6. The molecular weight excluding hydrogens is 1150 g/mol. The van der Waals surface area contributed by atoms with Crippen LogP contribution in [0.25, 0.3) is 0 Å². The molecule has 91 heavy (non-hydrogen) atoms. The molecule has 10 atom stereocenters.